The van der Waals surface area contributed by atoms with Gasteiger partial charge in [0.15, 0.2) is 0 Å². The molecule has 0 aliphatic heterocycles. The van der Waals surface area contributed by atoms with Crippen molar-refractivity contribution in [3.8, 4) is 0 Å². The van der Waals surface area contributed by atoms with Gasteiger partial charge in [-0.05, 0) is 35.4 Å². The number of aliphatic hydroxyl groups is 1. The molecule has 0 aliphatic carbocycles. The molecule has 4 heteroatoms. The van der Waals surface area contributed by atoms with Gasteiger partial charge in [-0.25, -0.2) is 4.39 Å². The Morgan fingerprint density at radius 3 is 2.72 bits per heavy atom. The summed E-state index contributed by atoms with van der Waals surface area (Å²) in [7, 11) is 0. The Morgan fingerprint density at radius 2 is 2.00 bits per heavy atom. The van der Waals surface area contributed by atoms with Crippen LogP contribution in [0, 0.1) is 5.82 Å². The van der Waals surface area contributed by atoms with Crippen molar-refractivity contribution >= 4 is 23.4 Å². The van der Waals surface area contributed by atoms with Crippen LogP contribution >= 0.6 is 23.4 Å². The third kappa shape index (κ3) is 3.48. The third-order valence-electron chi connectivity index (χ3n) is 2.49. The molecule has 0 unspecified atom stereocenters. The molecule has 2 aromatic rings. The Balaban J connectivity index is 2.06. The van der Waals surface area contributed by atoms with Gasteiger partial charge in [0.1, 0.15) is 5.82 Å². The molecule has 0 amide bonds. The predicted molar refractivity (Wildman–Crippen MR) is 73.3 cm³/mol. The van der Waals surface area contributed by atoms with Crippen molar-refractivity contribution in [1.29, 1.82) is 0 Å². The summed E-state index contributed by atoms with van der Waals surface area (Å²) in [6.45, 7) is 0.0176. The Labute approximate surface area is 115 Å². The number of halogens is 2. The fourth-order valence-corrected chi connectivity index (χ4v) is 2.66. The molecule has 0 fully saturated rings. The van der Waals surface area contributed by atoms with E-state index < -0.39 is 0 Å². The molecule has 1 N–H and O–H groups in total. The van der Waals surface area contributed by atoms with Gasteiger partial charge in [-0.3, -0.25) is 0 Å². The minimum Gasteiger partial charge on any atom is -0.392 e. The maximum Gasteiger partial charge on any atom is 0.128 e. The predicted octanol–water partition coefficient (Wildman–Crippen LogP) is 4.26. The van der Waals surface area contributed by atoms with Crippen LogP contribution in [0.4, 0.5) is 4.39 Å². The van der Waals surface area contributed by atoms with Gasteiger partial charge in [-0.15, -0.1) is 11.8 Å². The van der Waals surface area contributed by atoms with E-state index in [4.69, 9.17) is 16.7 Å². The molecule has 2 rings (SSSR count). The van der Waals surface area contributed by atoms with Crippen molar-refractivity contribution in [3.63, 3.8) is 0 Å². The van der Waals surface area contributed by atoms with E-state index in [1.54, 1.807) is 12.1 Å². The Kier molecular flexibility index (Phi) is 4.64. The summed E-state index contributed by atoms with van der Waals surface area (Å²) in [5.74, 6) is 0.256. The van der Waals surface area contributed by atoms with Crippen LogP contribution in [0.1, 0.15) is 11.1 Å². The quantitative estimate of drug-likeness (QED) is 0.846. The lowest BCUT2D eigenvalue weighted by Crippen LogP contribution is -1.88. The zero-order chi connectivity index (χ0) is 13.0. The highest BCUT2D eigenvalue weighted by Crippen LogP contribution is 2.26. The van der Waals surface area contributed by atoms with Gasteiger partial charge in [0.2, 0.25) is 0 Å². The van der Waals surface area contributed by atoms with Crippen molar-refractivity contribution in [3.05, 3.63) is 64.4 Å². The molecule has 0 heterocycles. The molecule has 94 valence electrons. The van der Waals surface area contributed by atoms with Crippen LogP contribution in [-0.2, 0) is 12.4 Å². The van der Waals surface area contributed by atoms with Crippen LogP contribution in [0.3, 0.4) is 0 Å². The Bertz CT molecular complexity index is 545. The summed E-state index contributed by atoms with van der Waals surface area (Å²) in [5.41, 5.74) is 1.48. The van der Waals surface area contributed by atoms with Crippen molar-refractivity contribution in [2.75, 3.05) is 0 Å². The van der Waals surface area contributed by atoms with E-state index in [-0.39, 0.29) is 12.4 Å². The summed E-state index contributed by atoms with van der Waals surface area (Å²) in [6.07, 6.45) is 0. The van der Waals surface area contributed by atoms with Crippen LogP contribution in [-0.4, -0.2) is 5.11 Å². The van der Waals surface area contributed by atoms with E-state index in [2.05, 4.69) is 0 Å². The third-order valence-corrected chi connectivity index (χ3v) is 3.77. The van der Waals surface area contributed by atoms with Gasteiger partial charge >= 0.3 is 0 Å². The lowest BCUT2D eigenvalue weighted by atomic mass is 10.2. The molecular formula is C14H12ClFOS. The van der Waals surface area contributed by atoms with E-state index >= 15 is 0 Å². The number of benzene rings is 2. The molecule has 0 aromatic heterocycles. The number of thioether (sulfide) groups is 1. The smallest absolute Gasteiger partial charge is 0.128 e. The second-order valence-electron chi connectivity index (χ2n) is 3.83. The maximum atomic E-state index is 13.6. The first-order valence-corrected chi connectivity index (χ1v) is 6.82. The summed E-state index contributed by atoms with van der Waals surface area (Å²) >= 11 is 7.23. The van der Waals surface area contributed by atoms with Gasteiger partial charge < -0.3 is 5.11 Å². The standard InChI is InChI=1S/C14H12ClFOS/c15-12-5-4-11(14(16)7-12)9-18-13-3-1-2-10(6-13)8-17/h1-7,17H,8-9H2. The van der Waals surface area contributed by atoms with E-state index in [0.717, 1.165) is 10.5 Å². The molecule has 0 saturated heterocycles. The molecule has 1 nitrogen and oxygen atoms in total. The normalized spacial score (nSPS) is 10.6. The van der Waals surface area contributed by atoms with Crippen molar-refractivity contribution in [2.24, 2.45) is 0 Å². The molecule has 0 bridgehead atoms. The van der Waals surface area contributed by atoms with Gasteiger partial charge in [0.05, 0.1) is 6.61 Å². The van der Waals surface area contributed by atoms with Gasteiger partial charge in [0, 0.05) is 15.7 Å². The van der Waals surface area contributed by atoms with Crippen LogP contribution < -0.4 is 0 Å². The highest BCUT2D eigenvalue weighted by molar-refractivity contribution is 7.98. The number of hydrogen-bond donors (Lipinski definition) is 1. The monoisotopic (exact) mass is 282 g/mol. The first kappa shape index (κ1) is 13.4. The molecule has 0 radical (unpaired) electrons. The lowest BCUT2D eigenvalue weighted by Gasteiger charge is -2.05. The van der Waals surface area contributed by atoms with E-state index in [1.165, 1.54) is 17.8 Å². The highest BCUT2D eigenvalue weighted by atomic mass is 35.5. The van der Waals surface area contributed by atoms with Crippen LogP contribution in [0.5, 0.6) is 0 Å². The summed E-state index contributed by atoms with van der Waals surface area (Å²) in [6, 6.07) is 12.3. The number of aliphatic hydroxyl groups excluding tert-OH is 1. The van der Waals surface area contributed by atoms with Gasteiger partial charge in [0.25, 0.3) is 0 Å². The molecule has 18 heavy (non-hydrogen) atoms. The molecule has 2 aromatic carbocycles. The lowest BCUT2D eigenvalue weighted by molar-refractivity contribution is 0.281. The van der Waals surface area contributed by atoms with E-state index in [9.17, 15) is 4.39 Å². The van der Waals surface area contributed by atoms with Crippen LogP contribution in [0.2, 0.25) is 5.02 Å². The average molecular weight is 283 g/mol. The fraction of sp³-hybridized carbons (Fsp3) is 0.143. The van der Waals surface area contributed by atoms with Crippen LogP contribution in [0.15, 0.2) is 47.4 Å². The minimum atomic E-state index is -0.284. The number of rotatable bonds is 4. The van der Waals surface area contributed by atoms with E-state index in [0.29, 0.717) is 16.3 Å². The van der Waals surface area contributed by atoms with Gasteiger partial charge in [-0.1, -0.05) is 29.8 Å². The molecule has 0 aliphatic rings. The maximum absolute atomic E-state index is 13.6. The number of hydrogen-bond acceptors (Lipinski definition) is 2. The summed E-state index contributed by atoms with van der Waals surface area (Å²) < 4.78 is 13.6. The van der Waals surface area contributed by atoms with Gasteiger partial charge in [-0.2, -0.15) is 0 Å². The Morgan fingerprint density at radius 1 is 1.17 bits per heavy atom. The first-order chi connectivity index (χ1) is 8.69. The molecular weight excluding hydrogens is 271 g/mol. The zero-order valence-corrected chi connectivity index (χ0v) is 11.1. The highest BCUT2D eigenvalue weighted by Gasteiger charge is 2.04. The second-order valence-corrected chi connectivity index (χ2v) is 5.32. The zero-order valence-electron chi connectivity index (χ0n) is 9.57. The largest absolute Gasteiger partial charge is 0.392 e. The molecule has 0 atom stereocenters. The molecule has 0 saturated carbocycles. The van der Waals surface area contributed by atoms with Crippen molar-refractivity contribution in [2.45, 2.75) is 17.3 Å². The topological polar surface area (TPSA) is 20.2 Å². The summed E-state index contributed by atoms with van der Waals surface area (Å²) in [5, 5.41) is 9.44. The second kappa shape index (κ2) is 6.23. The fourth-order valence-electron chi connectivity index (χ4n) is 1.53. The molecule has 0 spiro atoms. The van der Waals surface area contributed by atoms with Crippen molar-refractivity contribution < 1.29 is 9.50 Å². The van der Waals surface area contributed by atoms with E-state index in [1.807, 2.05) is 24.3 Å². The van der Waals surface area contributed by atoms with Crippen molar-refractivity contribution in [1.82, 2.24) is 0 Å². The summed E-state index contributed by atoms with van der Waals surface area (Å²) in [4.78, 5) is 1.01. The average Bonchev–Trinajstić information content (AvgIpc) is 2.38. The van der Waals surface area contributed by atoms with Crippen LogP contribution in [0.25, 0.3) is 0 Å². The first-order valence-electron chi connectivity index (χ1n) is 5.45. The SMILES string of the molecule is OCc1cccc(SCc2ccc(Cl)cc2F)c1. The Hall–Kier alpha value is -1.03. The minimum absolute atomic E-state index is 0.0176.